The van der Waals surface area contributed by atoms with E-state index in [0.717, 1.165) is 28.0 Å². The molecule has 0 N–H and O–H groups in total. The molecule has 0 aliphatic rings. The van der Waals surface area contributed by atoms with Gasteiger partial charge in [-0.05, 0) is 23.8 Å². The van der Waals surface area contributed by atoms with Crippen LogP contribution in [0.15, 0.2) is 54.9 Å². The third-order valence-corrected chi connectivity index (χ3v) is 3.16. The fourth-order valence-corrected chi connectivity index (χ4v) is 2.12. The molecule has 2 aromatic carbocycles. The van der Waals surface area contributed by atoms with Crippen molar-refractivity contribution in [2.24, 2.45) is 0 Å². The van der Waals surface area contributed by atoms with Crippen molar-refractivity contribution in [1.82, 2.24) is 9.97 Å². The number of benzene rings is 2. The van der Waals surface area contributed by atoms with Gasteiger partial charge in [0.2, 0.25) is 0 Å². The van der Waals surface area contributed by atoms with Crippen molar-refractivity contribution in [3.8, 4) is 0 Å². The molecule has 18 heavy (non-hydrogen) atoms. The first-order valence-electron chi connectivity index (χ1n) is 5.76. The van der Waals surface area contributed by atoms with Crippen LogP contribution < -0.4 is 0 Å². The third kappa shape index (κ3) is 2.20. The van der Waals surface area contributed by atoms with Crippen LogP contribution in [0.3, 0.4) is 0 Å². The SMILES string of the molecule is Clc1ccc(Cc2ncnc3ccccc23)cc1. The fraction of sp³-hybridized carbons (Fsp3) is 0.0667. The number of fused-ring (bicyclic) bond motifs is 1. The van der Waals surface area contributed by atoms with Crippen molar-refractivity contribution in [3.05, 3.63) is 71.1 Å². The Morgan fingerprint density at radius 3 is 2.50 bits per heavy atom. The van der Waals surface area contributed by atoms with E-state index in [2.05, 4.69) is 16.0 Å². The van der Waals surface area contributed by atoms with Gasteiger partial charge in [-0.2, -0.15) is 0 Å². The molecule has 0 amide bonds. The van der Waals surface area contributed by atoms with Crippen LogP contribution in [0, 0.1) is 0 Å². The first-order chi connectivity index (χ1) is 8.83. The van der Waals surface area contributed by atoms with Gasteiger partial charge in [0.05, 0.1) is 11.2 Å². The maximum atomic E-state index is 5.88. The maximum Gasteiger partial charge on any atom is 0.116 e. The Kier molecular flexibility index (Phi) is 2.95. The molecule has 0 bridgehead atoms. The lowest BCUT2D eigenvalue weighted by Crippen LogP contribution is -1.95. The van der Waals surface area contributed by atoms with Crippen LogP contribution in [0.5, 0.6) is 0 Å². The van der Waals surface area contributed by atoms with Crippen molar-refractivity contribution in [2.75, 3.05) is 0 Å². The van der Waals surface area contributed by atoms with Crippen molar-refractivity contribution < 1.29 is 0 Å². The van der Waals surface area contributed by atoms with E-state index in [1.807, 2.05) is 42.5 Å². The summed E-state index contributed by atoms with van der Waals surface area (Å²) in [5.41, 5.74) is 3.22. The Balaban J connectivity index is 2.02. The number of halogens is 1. The number of para-hydroxylation sites is 1. The first kappa shape index (κ1) is 11.2. The van der Waals surface area contributed by atoms with Gasteiger partial charge >= 0.3 is 0 Å². The van der Waals surface area contributed by atoms with Crippen LogP contribution in [-0.4, -0.2) is 9.97 Å². The molecule has 1 aromatic heterocycles. The molecule has 0 unspecified atom stereocenters. The zero-order valence-corrected chi connectivity index (χ0v) is 10.4. The van der Waals surface area contributed by atoms with E-state index >= 15 is 0 Å². The smallest absolute Gasteiger partial charge is 0.116 e. The van der Waals surface area contributed by atoms with Crippen molar-refractivity contribution in [1.29, 1.82) is 0 Å². The van der Waals surface area contributed by atoms with E-state index in [-0.39, 0.29) is 0 Å². The van der Waals surface area contributed by atoms with Crippen molar-refractivity contribution in [2.45, 2.75) is 6.42 Å². The van der Waals surface area contributed by atoms with Gasteiger partial charge in [-0.3, -0.25) is 0 Å². The van der Waals surface area contributed by atoms with Gasteiger partial charge in [0.1, 0.15) is 6.33 Å². The summed E-state index contributed by atoms with van der Waals surface area (Å²) >= 11 is 5.88. The largest absolute Gasteiger partial charge is 0.240 e. The summed E-state index contributed by atoms with van der Waals surface area (Å²) in [4.78, 5) is 8.65. The van der Waals surface area contributed by atoms with Crippen molar-refractivity contribution >= 4 is 22.5 Å². The van der Waals surface area contributed by atoms with Crippen LogP contribution in [0.2, 0.25) is 5.02 Å². The molecular weight excluding hydrogens is 244 g/mol. The highest BCUT2D eigenvalue weighted by Crippen LogP contribution is 2.18. The molecule has 0 radical (unpaired) electrons. The summed E-state index contributed by atoms with van der Waals surface area (Å²) in [5, 5.41) is 1.86. The highest BCUT2D eigenvalue weighted by Gasteiger charge is 2.04. The van der Waals surface area contributed by atoms with Crippen LogP contribution in [-0.2, 0) is 6.42 Å². The minimum Gasteiger partial charge on any atom is -0.240 e. The Hall–Kier alpha value is -1.93. The average molecular weight is 255 g/mol. The molecular formula is C15H11ClN2. The number of rotatable bonds is 2. The van der Waals surface area contributed by atoms with E-state index in [1.54, 1.807) is 6.33 Å². The van der Waals surface area contributed by atoms with Gasteiger partial charge in [0.15, 0.2) is 0 Å². The van der Waals surface area contributed by atoms with Crippen molar-refractivity contribution in [3.63, 3.8) is 0 Å². The van der Waals surface area contributed by atoms with Gasteiger partial charge in [0, 0.05) is 16.8 Å². The summed E-state index contributed by atoms with van der Waals surface area (Å²) in [6.07, 6.45) is 2.41. The summed E-state index contributed by atoms with van der Waals surface area (Å²) in [6, 6.07) is 15.9. The Bertz CT molecular complexity index is 672. The Labute approximate surface area is 110 Å². The molecule has 3 heteroatoms. The van der Waals surface area contributed by atoms with Gasteiger partial charge in [-0.15, -0.1) is 0 Å². The predicted molar refractivity (Wildman–Crippen MR) is 73.8 cm³/mol. The normalized spacial score (nSPS) is 10.7. The van der Waals surface area contributed by atoms with Gasteiger partial charge < -0.3 is 0 Å². The summed E-state index contributed by atoms with van der Waals surface area (Å²) in [5.74, 6) is 0. The number of nitrogens with zero attached hydrogens (tertiary/aromatic N) is 2. The molecule has 0 aliphatic carbocycles. The predicted octanol–water partition coefficient (Wildman–Crippen LogP) is 3.87. The van der Waals surface area contributed by atoms with Crippen LogP contribution in [0.25, 0.3) is 10.9 Å². The second kappa shape index (κ2) is 4.75. The number of hydrogen-bond donors (Lipinski definition) is 0. The minimum absolute atomic E-state index is 0.756. The lowest BCUT2D eigenvalue weighted by atomic mass is 10.1. The van der Waals surface area contributed by atoms with Gasteiger partial charge in [-0.25, -0.2) is 9.97 Å². The van der Waals surface area contributed by atoms with E-state index in [0.29, 0.717) is 0 Å². The first-order valence-corrected chi connectivity index (χ1v) is 6.14. The van der Waals surface area contributed by atoms with Gasteiger partial charge in [0.25, 0.3) is 0 Å². The van der Waals surface area contributed by atoms with Crippen LogP contribution in [0.1, 0.15) is 11.3 Å². The maximum absolute atomic E-state index is 5.88. The zero-order chi connectivity index (χ0) is 12.4. The topological polar surface area (TPSA) is 25.8 Å². The summed E-state index contributed by atoms with van der Waals surface area (Å²) < 4.78 is 0. The van der Waals surface area contributed by atoms with E-state index in [4.69, 9.17) is 11.6 Å². The van der Waals surface area contributed by atoms with Crippen LogP contribution in [0.4, 0.5) is 0 Å². The van der Waals surface area contributed by atoms with E-state index < -0.39 is 0 Å². The number of aromatic nitrogens is 2. The molecule has 3 aromatic rings. The Morgan fingerprint density at radius 1 is 0.889 bits per heavy atom. The lowest BCUT2D eigenvalue weighted by Gasteiger charge is -2.05. The quantitative estimate of drug-likeness (QED) is 0.694. The molecule has 0 aliphatic heterocycles. The molecule has 0 saturated heterocycles. The fourth-order valence-electron chi connectivity index (χ4n) is 2.00. The molecule has 2 nitrogen and oxygen atoms in total. The lowest BCUT2D eigenvalue weighted by molar-refractivity contribution is 1.06. The molecule has 3 rings (SSSR count). The Morgan fingerprint density at radius 2 is 1.67 bits per heavy atom. The molecule has 0 saturated carbocycles. The molecule has 0 atom stereocenters. The standard InChI is InChI=1S/C15H11ClN2/c16-12-7-5-11(6-8-12)9-15-13-3-1-2-4-14(13)17-10-18-15/h1-8,10H,9H2. The third-order valence-electron chi connectivity index (χ3n) is 2.91. The summed E-state index contributed by atoms with van der Waals surface area (Å²) in [6.45, 7) is 0. The molecule has 1 heterocycles. The summed E-state index contributed by atoms with van der Waals surface area (Å²) in [7, 11) is 0. The van der Waals surface area contributed by atoms with Crippen LogP contribution >= 0.6 is 11.6 Å². The molecule has 0 spiro atoms. The average Bonchev–Trinajstić information content (AvgIpc) is 2.42. The second-order valence-corrected chi connectivity index (χ2v) is 4.58. The highest BCUT2D eigenvalue weighted by molar-refractivity contribution is 6.30. The highest BCUT2D eigenvalue weighted by atomic mass is 35.5. The minimum atomic E-state index is 0.756. The zero-order valence-electron chi connectivity index (χ0n) is 9.68. The van der Waals surface area contributed by atoms with E-state index in [9.17, 15) is 0 Å². The second-order valence-electron chi connectivity index (χ2n) is 4.14. The van der Waals surface area contributed by atoms with E-state index in [1.165, 1.54) is 5.56 Å². The molecule has 0 fully saturated rings. The monoisotopic (exact) mass is 254 g/mol. The van der Waals surface area contributed by atoms with Gasteiger partial charge in [-0.1, -0.05) is 41.9 Å². The molecule has 88 valence electrons. The number of hydrogen-bond acceptors (Lipinski definition) is 2.